The van der Waals surface area contributed by atoms with Crippen LogP contribution in [-0.2, 0) is 11.3 Å². The SMILES string of the molecule is Cc1cc(NC(=O)C2(O)CCCN(Cc3ccccc3)C2)cc(C(=O)N(C)C)c1. The van der Waals surface area contributed by atoms with Crippen LogP contribution in [0.4, 0.5) is 5.69 Å². The average Bonchev–Trinajstić information content (AvgIpc) is 2.67. The molecule has 1 aliphatic rings. The van der Waals surface area contributed by atoms with Gasteiger partial charge in [0.1, 0.15) is 0 Å². The number of benzene rings is 2. The third-order valence-electron chi connectivity index (χ3n) is 5.21. The van der Waals surface area contributed by atoms with Crippen LogP contribution >= 0.6 is 0 Å². The van der Waals surface area contributed by atoms with Crippen LogP contribution in [0.3, 0.4) is 0 Å². The zero-order chi connectivity index (χ0) is 21.0. The van der Waals surface area contributed by atoms with E-state index in [2.05, 4.69) is 10.2 Å². The Morgan fingerprint density at radius 2 is 1.90 bits per heavy atom. The molecule has 3 rings (SSSR count). The summed E-state index contributed by atoms with van der Waals surface area (Å²) in [7, 11) is 3.38. The van der Waals surface area contributed by atoms with Gasteiger partial charge in [-0.25, -0.2) is 0 Å². The first kappa shape index (κ1) is 21.0. The van der Waals surface area contributed by atoms with Crippen LogP contribution < -0.4 is 5.32 Å². The van der Waals surface area contributed by atoms with Crippen molar-refractivity contribution in [2.75, 3.05) is 32.5 Å². The number of carbonyl (C=O) groups excluding carboxylic acids is 2. The maximum absolute atomic E-state index is 12.9. The van der Waals surface area contributed by atoms with Crippen LogP contribution in [0.5, 0.6) is 0 Å². The highest BCUT2D eigenvalue weighted by Crippen LogP contribution is 2.25. The molecule has 0 aliphatic carbocycles. The van der Waals surface area contributed by atoms with E-state index in [1.165, 1.54) is 4.90 Å². The summed E-state index contributed by atoms with van der Waals surface area (Å²) in [5.41, 5.74) is 1.60. The quantitative estimate of drug-likeness (QED) is 0.816. The molecule has 1 saturated heterocycles. The zero-order valence-electron chi connectivity index (χ0n) is 17.3. The number of aliphatic hydroxyl groups is 1. The molecule has 0 aromatic heterocycles. The van der Waals surface area contributed by atoms with Gasteiger partial charge in [-0.05, 0) is 55.6 Å². The Hall–Kier alpha value is -2.70. The first-order valence-corrected chi connectivity index (χ1v) is 9.90. The van der Waals surface area contributed by atoms with Crippen molar-refractivity contribution >= 4 is 17.5 Å². The van der Waals surface area contributed by atoms with Crippen molar-refractivity contribution in [3.05, 3.63) is 65.2 Å². The Morgan fingerprint density at radius 1 is 1.17 bits per heavy atom. The number of hydrogen-bond donors (Lipinski definition) is 2. The zero-order valence-corrected chi connectivity index (χ0v) is 17.3. The normalized spacial score (nSPS) is 19.6. The van der Waals surface area contributed by atoms with Gasteiger partial charge in [-0.15, -0.1) is 0 Å². The minimum Gasteiger partial charge on any atom is -0.379 e. The fraction of sp³-hybridized carbons (Fsp3) is 0.391. The number of nitrogens with one attached hydrogen (secondary N) is 1. The van der Waals surface area contributed by atoms with Gasteiger partial charge in [-0.2, -0.15) is 0 Å². The smallest absolute Gasteiger partial charge is 0.257 e. The third kappa shape index (κ3) is 5.22. The summed E-state index contributed by atoms with van der Waals surface area (Å²) < 4.78 is 0. The van der Waals surface area contributed by atoms with Crippen molar-refractivity contribution in [1.82, 2.24) is 9.80 Å². The molecule has 154 valence electrons. The van der Waals surface area contributed by atoms with E-state index < -0.39 is 11.5 Å². The maximum atomic E-state index is 12.9. The molecule has 6 nitrogen and oxygen atoms in total. The van der Waals surface area contributed by atoms with E-state index in [4.69, 9.17) is 0 Å². The highest BCUT2D eigenvalue weighted by molar-refractivity contribution is 6.00. The highest BCUT2D eigenvalue weighted by atomic mass is 16.3. The number of nitrogens with zero attached hydrogens (tertiary/aromatic N) is 2. The summed E-state index contributed by atoms with van der Waals surface area (Å²) in [6, 6.07) is 15.3. The molecule has 0 spiro atoms. The van der Waals surface area contributed by atoms with E-state index in [0.717, 1.165) is 24.1 Å². The molecule has 1 aliphatic heterocycles. The van der Waals surface area contributed by atoms with E-state index in [-0.39, 0.29) is 12.5 Å². The van der Waals surface area contributed by atoms with Gasteiger partial charge in [-0.1, -0.05) is 30.3 Å². The molecule has 29 heavy (non-hydrogen) atoms. The minimum atomic E-state index is -1.46. The Morgan fingerprint density at radius 3 is 2.59 bits per heavy atom. The predicted octanol–water partition coefficient (Wildman–Crippen LogP) is 2.66. The largest absolute Gasteiger partial charge is 0.379 e. The lowest BCUT2D eigenvalue weighted by Gasteiger charge is -2.38. The number of anilines is 1. The van der Waals surface area contributed by atoms with Crippen molar-refractivity contribution < 1.29 is 14.7 Å². The first-order chi connectivity index (χ1) is 13.8. The Bertz CT molecular complexity index is 882. The van der Waals surface area contributed by atoms with E-state index in [9.17, 15) is 14.7 Å². The Kier molecular flexibility index (Phi) is 6.35. The van der Waals surface area contributed by atoms with Gasteiger partial charge >= 0.3 is 0 Å². The van der Waals surface area contributed by atoms with E-state index in [1.54, 1.807) is 32.3 Å². The van der Waals surface area contributed by atoms with Crippen LogP contribution in [0.1, 0.15) is 34.3 Å². The number of likely N-dealkylation sites (tertiary alicyclic amines) is 1. The lowest BCUT2D eigenvalue weighted by molar-refractivity contribution is -0.140. The van der Waals surface area contributed by atoms with Crippen molar-refractivity contribution in [3.8, 4) is 0 Å². The van der Waals surface area contributed by atoms with Crippen LogP contribution in [0, 0.1) is 6.92 Å². The summed E-state index contributed by atoms with van der Waals surface area (Å²) in [6.07, 6.45) is 1.16. The molecule has 1 heterocycles. The summed E-state index contributed by atoms with van der Waals surface area (Å²) in [4.78, 5) is 28.8. The standard InChI is InChI=1S/C23H29N3O3/c1-17-12-19(21(27)25(2)3)14-20(13-17)24-22(28)23(29)10-7-11-26(16-23)15-18-8-5-4-6-9-18/h4-6,8-9,12-14,29H,7,10-11,15-16H2,1-3H3,(H,24,28). The predicted molar refractivity (Wildman–Crippen MR) is 114 cm³/mol. The van der Waals surface area contributed by atoms with Crippen LogP contribution in [0.15, 0.2) is 48.5 Å². The van der Waals surface area contributed by atoms with Crippen LogP contribution in [0.25, 0.3) is 0 Å². The number of hydrogen-bond acceptors (Lipinski definition) is 4. The number of aryl methyl sites for hydroxylation is 1. The highest BCUT2D eigenvalue weighted by Gasteiger charge is 2.40. The van der Waals surface area contributed by atoms with Gasteiger partial charge in [0.25, 0.3) is 11.8 Å². The molecule has 1 fully saturated rings. The molecule has 2 amide bonds. The first-order valence-electron chi connectivity index (χ1n) is 9.90. The molecule has 0 radical (unpaired) electrons. The van der Waals surface area contributed by atoms with Crippen LogP contribution in [-0.4, -0.2) is 59.5 Å². The van der Waals surface area contributed by atoms with Crippen LogP contribution in [0.2, 0.25) is 0 Å². The summed E-state index contributed by atoms with van der Waals surface area (Å²) in [5, 5.41) is 13.9. The van der Waals surface area contributed by atoms with Gasteiger partial charge in [0.05, 0.1) is 0 Å². The average molecular weight is 396 g/mol. The molecule has 1 atom stereocenters. The van der Waals surface area contributed by atoms with Crippen molar-refractivity contribution in [2.45, 2.75) is 31.9 Å². The molecule has 2 aromatic rings. The van der Waals surface area contributed by atoms with Gasteiger partial charge in [-0.3, -0.25) is 14.5 Å². The van der Waals surface area contributed by atoms with Gasteiger partial charge in [0, 0.05) is 38.4 Å². The third-order valence-corrected chi connectivity index (χ3v) is 5.21. The topological polar surface area (TPSA) is 72.9 Å². The number of amides is 2. The van der Waals surface area contributed by atoms with Crippen molar-refractivity contribution in [1.29, 1.82) is 0 Å². The number of rotatable bonds is 5. The molecule has 2 aromatic carbocycles. The molecular weight excluding hydrogens is 366 g/mol. The summed E-state index contributed by atoms with van der Waals surface area (Å²) >= 11 is 0. The minimum absolute atomic E-state index is 0.130. The van der Waals surface area contributed by atoms with E-state index >= 15 is 0 Å². The van der Waals surface area contributed by atoms with E-state index in [1.807, 2.05) is 37.3 Å². The summed E-state index contributed by atoms with van der Waals surface area (Å²) in [5.74, 6) is -0.557. The van der Waals surface area contributed by atoms with Crippen molar-refractivity contribution in [2.24, 2.45) is 0 Å². The number of carbonyl (C=O) groups is 2. The Labute approximate surface area is 172 Å². The number of β-amino-alcohol motifs (C(OH)–C–C–N with tert-alkyl or cyclic N) is 1. The second kappa shape index (κ2) is 8.76. The van der Waals surface area contributed by atoms with E-state index in [0.29, 0.717) is 24.2 Å². The fourth-order valence-electron chi connectivity index (χ4n) is 3.77. The molecular formula is C23H29N3O3. The maximum Gasteiger partial charge on any atom is 0.257 e. The lowest BCUT2D eigenvalue weighted by Crippen LogP contribution is -2.55. The van der Waals surface area contributed by atoms with Gasteiger partial charge in [0.15, 0.2) is 5.60 Å². The summed E-state index contributed by atoms with van der Waals surface area (Å²) in [6.45, 7) is 3.70. The van der Waals surface area contributed by atoms with Gasteiger partial charge < -0.3 is 15.3 Å². The molecule has 0 bridgehead atoms. The molecule has 6 heteroatoms. The lowest BCUT2D eigenvalue weighted by atomic mass is 9.91. The monoisotopic (exact) mass is 395 g/mol. The second-order valence-corrected chi connectivity index (χ2v) is 8.07. The molecule has 1 unspecified atom stereocenters. The molecule has 2 N–H and O–H groups in total. The second-order valence-electron chi connectivity index (χ2n) is 8.07. The number of piperidine rings is 1. The Balaban J connectivity index is 1.71. The van der Waals surface area contributed by atoms with Crippen molar-refractivity contribution in [3.63, 3.8) is 0 Å². The molecule has 0 saturated carbocycles. The van der Waals surface area contributed by atoms with Gasteiger partial charge in [0.2, 0.25) is 0 Å². The fourth-order valence-corrected chi connectivity index (χ4v) is 3.77.